The quantitative estimate of drug-likeness (QED) is 0.447. The Hall–Kier alpha value is -1.72. The van der Waals surface area contributed by atoms with Gasteiger partial charge in [-0.2, -0.15) is 0 Å². The molecule has 0 aliphatic carbocycles. The minimum absolute atomic E-state index is 0.00534. The fourth-order valence-electron chi connectivity index (χ4n) is 2.37. The van der Waals surface area contributed by atoms with E-state index in [1.807, 2.05) is 0 Å². The molecule has 29 heavy (non-hydrogen) atoms. The number of thiophene rings is 1. The molecular weight excluding hydrogens is 486 g/mol. The number of anilines is 2. The Morgan fingerprint density at radius 2 is 1.97 bits per heavy atom. The smallest absolute Gasteiger partial charge is 0.258 e. The van der Waals surface area contributed by atoms with Gasteiger partial charge in [0, 0.05) is 5.38 Å². The maximum absolute atomic E-state index is 12.7. The highest BCUT2D eigenvalue weighted by Gasteiger charge is 2.21. The van der Waals surface area contributed by atoms with E-state index in [2.05, 4.69) is 20.0 Å². The lowest BCUT2D eigenvalue weighted by molar-refractivity contribution is 0.102. The Morgan fingerprint density at radius 1 is 1.21 bits per heavy atom. The number of alkyl halides is 1. The third-order valence-corrected chi connectivity index (χ3v) is 7.14. The number of carbonyl (C=O) groups excluding carboxylic acids is 1. The molecular formula is C16H12Cl3FN4O3S2. The van der Waals surface area contributed by atoms with Gasteiger partial charge in [-0.3, -0.25) is 13.9 Å². The molecule has 0 atom stereocenters. The summed E-state index contributed by atoms with van der Waals surface area (Å²) in [4.78, 5) is 20.7. The van der Waals surface area contributed by atoms with Crippen LogP contribution >= 0.6 is 46.1 Å². The Kier molecular flexibility index (Phi) is 6.79. The third-order valence-electron chi connectivity index (χ3n) is 3.70. The number of hydrogen-bond donors (Lipinski definition) is 2. The lowest BCUT2D eigenvalue weighted by Crippen LogP contribution is -2.18. The summed E-state index contributed by atoms with van der Waals surface area (Å²) < 4.78 is 39.1. The minimum atomic E-state index is -3.81. The van der Waals surface area contributed by atoms with Crippen molar-refractivity contribution < 1.29 is 17.6 Å². The van der Waals surface area contributed by atoms with Crippen LogP contribution in [-0.2, 0) is 10.0 Å². The first-order valence-corrected chi connectivity index (χ1v) is 11.6. The van der Waals surface area contributed by atoms with E-state index >= 15 is 0 Å². The van der Waals surface area contributed by atoms with Crippen LogP contribution in [0.4, 0.5) is 15.8 Å². The van der Waals surface area contributed by atoms with Gasteiger partial charge in [-0.15, -0.1) is 11.3 Å². The van der Waals surface area contributed by atoms with Crippen molar-refractivity contribution in [3.8, 4) is 0 Å². The van der Waals surface area contributed by atoms with Crippen molar-refractivity contribution in [3.63, 3.8) is 0 Å². The van der Waals surface area contributed by atoms with Crippen LogP contribution in [0.25, 0.3) is 10.2 Å². The van der Waals surface area contributed by atoms with Crippen LogP contribution in [0, 0.1) is 0 Å². The minimum Gasteiger partial charge on any atom is -0.319 e. The van der Waals surface area contributed by atoms with Gasteiger partial charge >= 0.3 is 0 Å². The number of hydrogen-bond acceptors (Lipinski definition) is 6. The Balaban J connectivity index is 1.90. The molecule has 0 spiro atoms. The Bertz CT molecular complexity index is 1190. The van der Waals surface area contributed by atoms with Crippen LogP contribution in [0.2, 0.25) is 15.2 Å². The summed E-state index contributed by atoms with van der Waals surface area (Å²) in [5.41, 5.74) is 0.618. The van der Waals surface area contributed by atoms with E-state index in [4.69, 9.17) is 34.8 Å². The summed E-state index contributed by atoms with van der Waals surface area (Å²) >= 11 is 19.6. The molecule has 0 saturated carbocycles. The van der Waals surface area contributed by atoms with E-state index in [0.29, 0.717) is 10.2 Å². The average Bonchev–Trinajstić information content (AvgIpc) is 3.11. The number of rotatable bonds is 7. The molecule has 0 radical (unpaired) electrons. The van der Waals surface area contributed by atoms with E-state index < -0.39 is 28.4 Å². The van der Waals surface area contributed by atoms with Crippen molar-refractivity contribution in [2.45, 2.75) is 6.42 Å². The first kappa shape index (κ1) is 22.0. The summed E-state index contributed by atoms with van der Waals surface area (Å²) in [5.74, 6) is -0.974. The third kappa shape index (κ3) is 4.89. The highest BCUT2D eigenvalue weighted by atomic mass is 35.5. The molecule has 1 aromatic carbocycles. The van der Waals surface area contributed by atoms with Gasteiger partial charge in [0.15, 0.2) is 0 Å². The van der Waals surface area contributed by atoms with Gasteiger partial charge in [-0.1, -0.05) is 34.8 Å². The Morgan fingerprint density at radius 3 is 2.69 bits per heavy atom. The van der Waals surface area contributed by atoms with Gasteiger partial charge in [0.05, 0.1) is 49.6 Å². The van der Waals surface area contributed by atoms with Crippen molar-refractivity contribution in [2.75, 3.05) is 22.5 Å². The van der Waals surface area contributed by atoms with Gasteiger partial charge in [0.1, 0.15) is 11.5 Å². The maximum Gasteiger partial charge on any atom is 0.258 e. The van der Waals surface area contributed by atoms with Crippen LogP contribution in [0.3, 0.4) is 0 Å². The summed E-state index contributed by atoms with van der Waals surface area (Å²) in [7, 11) is -3.81. The summed E-state index contributed by atoms with van der Waals surface area (Å²) in [6.45, 7) is -0.765. The molecule has 154 valence electrons. The standard InChI is InChI=1S/C16H12Cl3FN4O3S2/c17-9-2-3-10(24-29(26,27)5-1-4-20)11(18)13(9)23-16(25)8-6-28-14-12(8)21-7-22-15(14)19/h2-3,6-7,24H,1,4-5H2,(H,23,25). The van der Waals surface area contributed by atoms with Crippen LogP contribution in [0.5, 0.6) is 0 Å². The fraction of sp³-hybridized carbons (Fsp3) is 0.188. The number of amides is 1. The van der Waals surface area contributed by atoms with Gasteiger partial charge in [0.25, 0.3) is 5.91 Å². The highest BCUT2D eigenvalue weighted by Crippen LogP contribution is 2.38. The number of sulfonamides is 1. The van der Waals surface area contributed by atoms with Crippen molar-refractivity contribution in [1.82, 2.24) is 9.97 Å². The largest absolute Gasteiger partial charge is 0.319 e. The van der Waals surface area contributed by atoms with Crippen molar-refractivity contribution in [1.29, 1.82) is 0 Å². The van der Waals surface area contributed by atoms with Crippen LogP contribution in [0.1, 0.15) is 16.8 Å². The molecule has 0 unspecified atom stereocenters. The molecule has 7 nitrogen and oxygen atoms in total. The second-order valence-electron chi connectivity index (χ2n) is 5.69. The number of carbonyl (C=O) groups is 1. The fourth-order valence-corrected chi connectivity index (χ4v) is 5.18. The van der Waals surface area contributed by atoms with E-state index in [9.17, 15) is 17.6 Å². The van der Waals surface area contributed by atoms with E-state index in [-0.39, 0.29) is 38.6 Å². The number of halogens is 4. The van der Waals surface area contributed by atoms with Crippen molar-refractivity contribution in [2.24, 2.45) is 0 Å². The van der Waals surface area contributed by atoms with Gasteiger partial charge in [0.2, 0.25) is 10.0 Å². The summed E-state index contributed by atoms with van der Waals surface area (Å²) in [6.07, 6.45) is 1.08. The molecule has 0 aliphatic rings. The molecule has 13 heteroatoms. The van der Waals surface area contributed by atoms with E-state index in [1.165, 1.54) is 29.8 Å². The summed E-state index contributed by atoms with van der Waals surface area (Å²) in [6, 6.07) is 2.72. The molecule has 0 aliphatic heterocycles. The zero-order chi connectivity index (χ0) is 21.2. The van der Waals surface area contributed by atoms with Crippen LogP contribution in [0.15, 0.2) is 23.8 Å². The number of aromatic nitrogens is 2. The zero-order valence-corrected chi connectivity index (χ0v) is 18.3. The molecule has 0 saturated heterocycles. The second-order valence-corrected chi connectivity index (χ2v) is 9.56. The maximum atomic E-state index is 12.7. The summed E-state index contributed by atoms with van der Waals surface area (Å²) in [5, 5.41) is 4.34. The molecule has 0 bridgehead atoms. The van der Waals surface area contributed by atoms with E-state index in [1.54, 1.807) is 5.38 Å². The van der Waals surface area contributed by atoms with Crippen LogP contribution < -0.4 is 10.0 Å². The molecule has 2 N–H and O–H groups in total. The molecule has 3 aromatic rings. The number of nitrogens with one attached hydrogen (secondary N) is 2. The number of nitrogens with zero attached hydrogens (tertiary/aromatic N) is 2. The Labute approximate surface area is 184 Å². The first-order chi connectivity index (χ1) is 13.7. The number of fused-ring (bicyclic) bond motifs is 1. The normalized spacial score (nSPS) is 11.6. The lowest BCUT2D eigenvalue weighted by Gasteiger charge is -2.14. The average molecular weight is 498 g/mol. The second kappa shape index (κ2) is 8.97. The molecule has 2 aromatic heterocycles. The number of benzene rings is 1. The highest BCUT2D eigenvalue weighted by molar-refractivity contribution is 7.92. The molecule has 3 rings (SSSR count). The lowest BCUT2D eigenvalue weighted by atomic mass is 10.2. The molecule has 2 heterocycles. The van der Waals surface area contributed by atoms with Crippen molar-refractivity contribution >= 4 is 83.7 Å². The predicted molar refractivity (Wildman–Crippen MR) is 115 cm³/mol. The monoisotopic (exact) mass is 496 g/mol. The van der Waals surface area contributed by atoms with Gasteiger partial charge in [-0.05, 0) is 18.6 Å². The SMILES string of the molecule is O=C(Nc1c(Cl)ccc(NS(=O)(=O)CCCF)c1Cl)c1csc2c(Cl)ncnc12. The first-order valence-electron chi connectivity index (χ1n) is 7.97. The van der Waals surface area contributed by atoms with Gasteiger partial charge < -0.3 is 5.32 Å². The topological polar surface area (TPSA) is 101 Å². The van der Waals surface area contributed by atoms with Gasteiger partial charge in [-0.25, -0.2) is 18.4 Å². The van der Waals surface area contributed by atoms with E-state index in [0.717, 1.165) is 0 Å². The zero-order valence-electron chi connectivity index (χ0n) is 14.4. The van der Waals surface area contributed by atoms with Crippen LogP contribution in [-0.4, -0.2) is 36.7 Å². The molecule has 1 amide bonds. The molecule has 0 fully saturated rings. The van der Waals surface area contributed by atoms with Crippen molar-refractivity contribution in [3.05, 3.63) is 44.6 Å². The predicted octanol–water partition coefficient (Wildman–Crippen LogP) is 5.01.